The van der Waals surface area contributed by atoms with Crippen LogP contribution < -0.4 is 5.73 Å². The summed E-state index contributed by atoms with van der Waals surface area (Å²) in [6, 6.07) is 0.590. The number of aromatic nitrogens is 3. The average molecular weight is 243 g/mol. The summed E-state index contributed by atoms with van der Waals surface area (Å²) in [5.74, 6) is 1.15. The highest BCUT2D eigenvalue weighted by molar-refractivity contribution is 7.98. The molecule has 0 spiro atoms. The molecule has 0 fully saturated rings. The molecule has 0 amide bonds. The predicted molar refractivity (Wildman–Crippen MR) is 68.4 cm³/mol. The lowest BCUT2D eigenvalue weighted by atomic mass is 10.3. The monoisotopic (exact) mass is 243 g/mol. The maximum atomic E-state index is 5.48. The minimum atomic E-state index is 0.457. The van der Waals surface area contributed by atoms with Crippen LogP contribution >= 0.6 is 11.8 Å². The van der Waals surface area contributed by atoms with E-state index in [2.05, 4.69) is 35.4 Å². The van der Waals surface area contributed by atoms with Crippen molar-refractivity contribution in [2.45, 2.75) is 26.1 Å². The van der Waals surface area contributed by atoms with Crippen molar-refractivity contribution >= 4 is 11.8 Å². The van der Waals surface area contributed by atoms with E-state index in [0.717, 1.165) is 24.5 Å². The molecule has 1 unspecified atom stereocenters. The molecule has 92 valence electrons. The van der Waals surface area contributed by atoms with Gasteiger partial charge in [-0.2, -0.15) is 11.8 Å². The highest BCUT2D eigenvalue weighted by atomic mass is 32.2. The Bertz CT molecular complexity index is 301. The molecule has 16 heavy (non-hydrogen) atoms. The Hall–Kier alpha value is -0.590. The molecule has 0 radical (unpaired) electrons. The van der Waals surface area contributed by atoms with Gasteiger partial charge in [-0.1, -0.05) is 5.21 Å². The van der Waals surface area contributed by atoms with Gasteiger partial charge in [0.15, 0.2) is 0 Å². The first-order valence-electron chi connectivity index (χ1n) is 5.45. The largest absolute Gasteiger partial charge is 0.325 e. The van der Waals surface area contributed by atoms with Crippen molar-refractivity contribution in [3.63, 3.8) is 0 Å². The minimum absolute atomic E-state index is 0.457. The fourth-order valence-electron chi connectivity index (χ4n) is 1.39. The first-order valence-corrected chi connectivity index (χ1v) is 6.85. The predicted octanol–water partition coefficient (Wildman–Crippen LogP) is 0.420. The molecule has 0 saturated heterocycles. The molecule has 1 heterocycles. The van der Waals surface area contributed by atoms with Crippen LogP contribution in [0.1, 0.15) is 12.6 Å². The van der Waals surface area contributed by atoms with E-state index in [9.17, 15) is 0 Å². The van der Waals surface area contributed by atoms with Gasteiger partial charge in [0.05, 0.1) is 12.2 Å². The second-order valence-corrected chi connectivity index (χ2v) is 4.87. The number of hydrogen-bond donors (Lipinski definition) is 1. The van der Waals surface area contributed by atoms with Gasteiger partial charge in [0, 0.05) is 31.1 Å². The molecule has 1 rings (SSSR count). The lowest BCUT2D eigenvalue weighted by Gasteiger charge is -2.23. The van der Waals surface area contributed by atoms with Crippen LogP contribution in [0.15, 0.2) is 6.20 Å². The molecule has 1 aromatic rings. The van der Waals surface area contributed by atoms with Gasteiger partial charge in [0.25, 0.3) is 0 Å². The Morgan fingerprint density at radius 2 is 2.38 bits per heavy atom. The second kappa shape index (κ2) is 6.88. The van der Waals surface area contributed by atoms with Crippen LogP contribution in [0.3, 0.4) is 0 Å². The molecule has 1 aromatic heterocycles. The first kappa shape index (κ1) is 13.5. The maximum Gasteiger partial charge on any atom is 0.0962 e. The van der Waals surface area contributed by atoms with Gasteiger partial charge in [-0.05, 0) is 20.2 Å². The summed E-state index contributed by atoms with van der Waals surface area (Å²) in [5.41, 5.74) is 6.32. The Kier molecular flexibility index (Phi) is 5.79. The van der Waals surface area contributed by atoms with E-state index >= 15 is 0 Å². The molecule has 0 saturated carbocycles. The van der Waals surface area contributed by atoms with Gasteiger partial charge in [-0.25, -0.2) is 0 Å². The molecule has 6 heteroatoms. The Balaban J connectivity index is 2.33. The summed E-state index contributed by atoms with van der Waals surface area (Å²) in [6.45, 7) is 4.54. The molecule has 0 aliphatic carbocycles. The van der Waals surface area contributed by atoms with Gasteiger partial charge < -0.3 is 10.6 Å². The normalized spacial score (nSPS) is 13.3. The zero-order chi connectivity index (χ0) is 12.0. The van der Waals surface area contributed by atoms with Crippen LogP contribution in [0.2, 0.25) is 0 Å². The maximum absolute atomic E-state index is 5.48. The fourth-order valence-corrected chi connectivity index (χ4v) is 2.13. The smallest absolute Gasteiger partial charge is 0.0962 e. The average Bonchev–Trinajstić information content (AvgIpc) is 2.74. The lowest BCUT2D eigenvalue weighted by molar-refractivity contribution is 0.261. The third kappa shape index (κ3) is 4.11. The highest BCUT2D eigenvalue weighted by Gasteiger charge is 2.08. The molecular weight excluding hydrogens is 222 g/mol. The third-order valence-electron chi connectivity index (χ3n) is 2.64. The summed E-state index contributed by atoms with van der Waals surface area (Å²) in [7, 11) is 2.14. The van der Waals surface area contributed by atoms with Gasteiger partial charge in [-0.3, -0.25) is 4.68 Å². The second-order valence-electron chi connectivity index (χ2n) is 3.96. The summed E-state index contributed by atoms with van der Waals surface area (Å²) < 4.78 is 1.85. The molecule has 1 atom stereocenters. The third-order valence-corrected chi connectivity index (χ3v) is 3.45. The SMILES string of the molecule is CSCC(C)N(C)CCn1cc(CN)nn1. The zero-order valence-electron chi connectivity index (χ0n) is 10.3. The van der Waals surface area contributed by atoms with E-state index in [-0.39, 0.29) is 0 Å². The summed E-state index contributed by atoms with van der Waals surface area (Å²) in [5, 5.41) is 7.98. The van der Waals surface area contributed by atoms with Crippen molar-refractivity contribution in [2.75, 3.05) is 25.6 Å². The van der Waals surface area contributed by atoms with Crippen molar-refractivity contribution in [3.8, 4) is 0 Å². The number of likely N-dealkylation sites (N-methyl/N-ethyl adjacent to an activating group) is 1. The summed E-state index contributed by atoms with van der Waals surface area (Å²) in [6.07, 6.45) is 4.04. The van der Waals surface area contributed by atoms with Crippen LogP contribution in [0.4, 0.5) is 0 Å². The first-order chi connectivity index (χ1) is 7.67. The molecule has 0 aliphatic rings. The standard InChI is InChI=1S/C10H21N5S/c1-9(8-16-3)14(2)4-5-15-7-10(6-11)12-13-15/h7,9H,4-6,8,11H2,1-3H3. The number of nitrogens with two attached hydrogens (primary N) is 1. The van der Waals surface area contributed by atoms with E-state index in [1.165, 1.54) is 0 Å². The van der Waals surface area contributed by atoms with Crippen LogP contribution in [0.5, 0.6) is 0 Å². The van der Waals surface area contributed by atoms with E-state index in [1.807, 2.05) is 22.6 Å². The molecule has 0 bridgehead atoms. The van der Waals surface area contributed by atoms with Gasteiger partial charge in [-0.15, -0.1) is 5.10 Å². The number of thioether (sulfide) groups is 1. The van der Waals surface area contributed by atoms with E-state index < -0.39 is 0 Å². The van der Waals surface area contributed by atoms with Gasteiger partial charge in [0.1, 0.15) is 0 Å². The molecule has 0 aliphatic heterocycles. The lowest BCUT2D eigenvalue weighted by Crippen LogP contribution is -2.33. The van der Waals surface area contributed by atoms with Gasteiger partial charge >= 0.3 is 0 Å². The topological polar surface area (TPSA) is 60.0 Å². The Morgan fingerprint density at radius 1 is 1.62 bits per heavy atom. The van der Waals surface area contributed by atoms with E-state index in [4.69, 9.17) is 5.73 Å². The van der Waals surface area contributed by atoms with Crippen molar-refractivity contribution in [1.29, 1.82) is 0 Å². The number of rotatable bonds is 7. The quantitative estimate of drug-likeness (QED) is 0.752. The molecule has 2 N–H and O–H groups in total. The molecule has 0 aromatic carbocycles. The summed E-state index contributed by atoms with van der Waals surface area (Å²) >= 11 is 1.87. The van der Waals surface area contributed by atoms with Crippen LogP contribution in [0, 0.1) is 0 Å². The van der Waals surface area contributed by atoms with E-state index in [1.54, 1.807) is 0 Å². The molecule has 5 nitrogen and oxygen atoms in total. The van der Waals surface area contributed by atoms with Crippen LogP contribution in [-0.2, 0) is 13.1 Å². The number of hydrogen-bond acceptors (Lipinski definition) is 5. The fraction of sp³-hybridized carbons (Fsp3) is 0.800. The van der Waals surface area contributed by atoms with Crippen molar-refractivity contribution < 1.29 is 0 Å². The Morgan fingerprint density at radius 3 is 2.94 bits per heavy atom. The zero-order valence-corrected chi connectivity index (χ0v) is 11.1. The Labute approximate surface area is 101 Å². The van der Waals surface area contributed by atoms with Crippen LogP contribution in [0.25, 0.3) is 0 Å². The van der Waals surface area contributed by atoms with Crippen molar-refractivity contribution in [1.82, 2.24) is 19.9 Å². The van der Waals surface area contributed by atoms with E-state index in [0.29, 0.717) is 12.6 Å². The van der Waals surface area contributed by atoms with Crippen LogP contribution in [-0.4, -0.2) is 51.5 Å². The molecular formula is C10H21N5S. The summed E-state index contributed by atoms with van der Waals surface area (Å²) in [4.78, 5) is 2.33. The minimum Gasteiger partial charge on any atom is -0.325 e. The van der Waals surface area contributed by atoms with Crippen molar-refractivity contribution in [3.05, 3.63) is 11.9 Å². The number of nitrogens with zero attached hydrogens (tertiary/aromatic N) is 4. The highest BCUT2D eigenvalue weighted by Crippen LogP contribution is 2.03. The van der Waals surface area contributed by atoms with Crippen molar-refractivity contribution in [2.24, 2.45) is 5.73 Å². The van der Waals surface area contributed by atoms with Gasteiger partial charge in [0.2, 0.25) is 0 Å².